The minimum absolute atomic E-state index is 0.175. The normalized spacial score (nSPS) is 22.0. The molecular weight excluding hydrogens is 399 g/mol. The van der Waals surface area contributed by atoms with Crippen LogP contribution >= 0.6 is 8.38 Å². The summed E-state index contributed by atoms with van der Waals surface area (Å²) in [5.41, 5.74) is 5.91. The monoisotopic (exact) mass is 438 g/mol. The highest BCUT2D eigenvalue weighted by Crippen LogP contribution is 2.49. The van der Waals surface area contributed by atoms with Crippen molar-refractivity contribution in [3.8, 4) is 0 Å². The van der Waals surface area contributed by atoms with Gasteiger partial charge in [0, 0.05) is 12.1 Å². The van der Waals surface area contributed by atoms with Crippen molar-refractivity contribution in [2.24, 2.45) is 5.92 Å². The van der Waals surface area contributed by atoms with Gasteiger partial charge in [-0.2, -0.15) is 0 Å². The highest BCUT2D eigenvalue weighted by Gasteiger charge is 2.38. The van der Waals surface area contributed by atoms with Gasteiger partial charge in [-0.3, -0.25) is 0 Å². The van der Waals surface area contributed by atoms with Gasteiger partial charge < -0.3 is 9.42 Å². The lowest BCUT2D eigenvalue weighted by atomic mass is 9.67. The fourth-order valence-corrected chi connectivity index (χ4v) is 6.88. The van der Waals surface area contributed by atoms with E-state index in [1.165, 1.54) is 73.6 Å². The topological polar surface area (TPSA) is 29.5 Å². The molecule has 0 spiro atoms. The van der Waals surface area contributed by atoms with Crippen LogP contribution in [0.5, 0.6) is 0 Å². The van der Waals surface area contributed by atoms with E-state index in [-0.39, 0.29) is 6.10 Å². The van der Waals surface area contributed by atoms with Gasteiger partial charge in [-0.1, -0.05) is 100 Å². The summed E-state index contributed by atoms with van der Waals surface area (Å²) in [4.78, 5) is 10.8. The number of benzene rings is 2. The summed E-state index contributed by atoms with van der Waals surface area (Å²) in [5.74, 6) is 0.849. The zero-order valence-corrected chi connectivity index (χ0v) is 20.0. The lowest BCUT2D eigenvalue weighted by molar-refractivity contribution is 0.0840. The van der Waals surface area contributed by atoms with Crippen LogP contribution in [-0.2, 0) is 10.9 Å². The van der Waals surface area contributed by atoms with Gasteiger partial charge in [0.2, 0.25) is 0 Å². The molecule has 2 aliphatic rings. The van der Waals surface area contributed by atoms with Gasteiger partial charge in [0.15, 0.2) is 8.38 Å². The first-order valence-electron chi connectivity index (χ1n) is 12.6. The SMILES string of the molecule is CCCCCCCCP(O)OC1CCCCC1C1c2ccccc2Cc2ccccc21. The number of hydrogen-bond acceptors (Lipinski definition) is 2. The van der Waals surface area contributed by atoms with E-state index in [1.807, 2.05) is 0 Å². The molecule has 2 aromatic carbocycles. The van der Waals surface area contributed by atoms with Gasteiger partial charge >= 0.3 is 0 Å². The second kappa shape index (κ2) is 11.6. The highest BCUT2D eigenvalue weighted by molar-refractivity contribution is 7.46. The molecule has 3 unspecified atom stereocenters. The van der Waals surface area contributed by atoms with Crippen molar-refractivity contribution in [2.45, 2.75) is 89.6 Å². The van der Waals surface area contributed by atoms with Crippen molar-refractivity contribution in [1.82, 2.24) is 0 Å². The van der Waals surface area contributed by atoms with E-state index in [0.717, 1.165) is 25.4 Å². The van der Waals surface area contributed by atoms with Crippen molar-refractivity contribution in [1.29, 1.82) is 0 Å². The Balaban J connectivity index is 1.45. The van der Waals surface area contributed by atoms with Gasteiger partial charge in [-0.15, -0.1) is 0 Å². The predicted octanol–water partition coefficient (Wildman–Crippen LogP) is 7.96. The minimum atomic E-state index is -1.31. The molecule has 0 heterocycles. The van der Waals surface area contributed by atoms with Crippen molar-refractivity contribution in [3.63, 3.8) is 0 Å². The zero-order chi connectivity index (χ0) is 21.5. The second-order valence-corrected chi connectivity index (χ2v) is 10.9. The summed E-state index contributed by atoms with van der Waals surface area (Å²) >= 11 is 0. The molecule has 2 aliphatic carbocycles. The third-order valence-corrected chi connectivity index (χ3v) is 8.52. The van der Waals surface area contributed by atoms with Crippen LogP contribution in [0.2, 0.25) is 0 Å². The summed E-state index contributed by atoms with van der Waals surface area (Å²) in [6, 6.07) is 18.0. The lowest BCUT2D eigenvalue weighted by Gasteiger charge is -2.41. The van der Waals surface area contributed by atoms with Crippen LogP contribution in [0.4, 0.5) is 0 Å². The van der Waals surface area contributed by atoms with Crippen LogP contribution in [0.1, 0.15) is 99.3 Å². The van der Waals surface area contributed by atoms with E-state index in [2.05, 4.69) is 55.5 Å². The molecule has 1 saturated carbocycles. The largest absolute Gasteiger partial charge is 0.350 e. The molecule has 0 radical (unpaired) electrons. The number of hydrogen-bond donors (Lipinski definition) is 1. The van der Waals surface area contributed by atoms with Gasteiger partial charge in [0.25, 0.3) is 0 Å². The molecule has 2 nitrogen and oxygen atoms in total. The maximum atomic E-state index is 10.8. The van der Waals surface area contributed by atoms with E-state index in [1.54, 1.807) is 0 Å². The molecule has 4 rings (SSSR count). The van der Waals surface area contributed by atoms with E-state index in [4.69, 9.17) is 4.52 Å². The third-order valence-electron chi connectivity index (χ3n) is 7.30. The zero-order valence-electron chi connectivity index (χ0n) is 19.1. The maximum absolute atomic E-state index is 10.8. The first-order chi connectivity index (χ1) is 15.3. The average Bonchev–Trinajstić information content (AvgIpc) is 2.80. The predicted molar refractivity (Wildman–Crippen MR) is 132 cm³/mol. The summed E-state index contributed by atoms with van der Waals surface area (Å²) in [7, 11) is -1.31. The van der Waals surface area contributed by atoms with Crippen molar-refractivity contribution in [3.05, 3.63) is 70.8 Å². The maximum Gasteiger partial charge on any atom is 0.167 e. The second-order valence-electron chi connectivity index (χ2n) is 9.49. The average molecular weight is 439 g/mol. The Morgan fingerprint density at radius 2 is 1.45 bits per heavy atom. The molecule has 0 aliphatic heterocycles. The molecule has 3 heteroatoms. The van der Waals surface area contributed by atoms with Crippen LogP contribution in [0.25, 0.3) is 0 Å². The van der Waals surface area contributed by atoms with Gasteiger partial charge in [-0.25, -0.2) is 0 Å². The van der Waals surface area contributed by atoms with Crippen LogP contribution in [-0.4, -0.2) is 17.2 Å². The standard InChI is InChI=1S/C28H39O2P/c1-2-3-4-5-6-13-20-31(29)30-27-19-12-11-18-26(27)28-24-16-9-7-14-22(24)21-23-15-8-10-17-25(23)28/h7-10,14-17,26-29H,2-6,11-13,18-21H2,1H3. The molecule has 31 heavy (non-hydrogen) atoms. The Morgan fingerprint density at radius 3 is 2.16 bits per heavy atom. The van der Waals surface area contributed by atoms with E-state index in [0.29, 0.717) is 11.8 Å². The highest BCUT2D eigenvalue weighted by atomic mass is 31.2. The molecule has 0 bridgehead atoms. The number of rotatable bonds is 10. The van der Waals surface area contributed by atoms with Crippen LogP contribution in [0, 0.1) is 5.92 Å². The number of unbranched alkanes of at least 4 members (excludes halogenated alkanes) is 5. The Hall–Kier alpha value is -1.21. The van der Waals surface area contributed by atoms with Crippen LogP contribution in [0.15, 0.2) is 48.5 Å². The molecule has 0 aromatic heterocycles. The Labute approximate surface area is 190 Å². The summed E-state index contributed by atoms with van der Waals surface area (Å²) in [6.07, 6.45) is 14.4. The van der Waals surface area contributed by atoms with Crippen LogP contribution < -0.4 is 0 Å². The minimum Gasteiger partial charge on any atom is -0.350 e. The third kappa shape index (κ3) is 5.78. The van der Waals surface area contributed by atoms with E-state index >= 15 is 0 Å². The first kappa shape index (κ1) is 23.0. The molecule has 0 saturated heterocycles. The summed E-state index contributed by atoms with van der Waals surface area (Å²) in [6.45, 7) is 2.25. The van der Waals surface area contributed by atoms with Crippen molar-refractivity contribution in [2.75, 3.05) is 6.16 Å². The fourth-order valence-electron chi connectivity index (χ4n) is 5.71. The van der Waals surface area contributed by atoms with E-state index < -0.39 is 8.38 Å². The lowest BCUT2D eigenvalue weighted by Crippen LogP contribution is -2.34. The van der Waals surface area contributed by atoms with Crippen molar-refractivity contribution < 1.29 is 9.42 Å². The summed E-state index contributed by atoms with van der Waals surface area (Å²) in [5, 5.41) is 0. The Bertz CT molecular complexity index is 775. The van der Waals surface area contributed by atoms with Gasteiger partial charge in [0.1, 0.15) is 0 Å². The molecule has 2 aromatic rings. The summed E-state index contributed by atoms with van der Waals surface area (Å²) < 4.78 is 6.44. The van der Waals surface area contributed by atoms with E-state index in [9.17, 15) is 4.89 Å². The smallest absolute Gasteiger partial charge is 0.167 e. The Kier molecular flexibility index (Phi) is 8.59. The molecule has 0 amide bonds. The van der Waals surface area contributed by atoms with Crippen LogP contribution in [0.3, 0.4) is 0 Å². The van der Waals surface area contributed by atoms with Crippen molar-refractivity contribution >= 4 is 8.38 Å². The molecular formula is C28H39O2P. The number of fused-ring (bicyclic) bond motifs is 2. The molecule has 168 valence electrons. The molecule has 1 N–H and O–H groups in total. The quantitative estimate of drug-likeness (QED) is 0.301. The Morgan fingerprint density at radius 1 is 0.839 bits per heavy atom. The fraction of sp³-hybridized carbons (Fsp3) is 0.571. The molecule has 3 atom stereocenters. The molecule has 1 fully saturated rings. The first-order valence-corrected chi connectivity index (χ1v) is 14.0. The van der Waals surface area contributed by atoms with Gasteiger partial charge in [0.05, 0.1) is 6.10 Å². The van der Waals surface area contributed by atoms with Gasteiger partial charge in [-0.05, 0) is 53.9 Å².